The highest BCUT2D eigenvalue weighted by molar-refractivity contribution is 5.79. The molecule has 1 aromatic rings. The van der Waals surface area contributed by atoms with Gasteiger partial charge in [0.1, 0.15) is 0 Å². The Bertz CT molecular complexity index is 453. The Morgan fingerprint density at radius 2 is 1.90 bits per heavy atom. The van der Waals surface area contributed by atoms with E-state index in [9.17, 15) is 4.79 Å². The van der Waals surface area contributed by atoms with E-state index < -0.39 is 0 Å². The summed E-state index contributed by atoms with van der Waals surface area (Å²) < 4.78 is 0. The third kappa shape index (κ3) is 3.58. The van der Waals surface area contributed by atoms with E-state index in [1.807, 2.05) is 23.1 Å². The van der Waals surface area contributed by atoms with Gasteiger partial charge < -0.3 is 10.6 Å². The van der Waals surface area contributed by atoms with Crippen molar-refractivity contribution in [1.82, 2.24) is 9.80 Å². The first-order valence-corrected chi connectivity index (χ1v) is 7.38. The van der Waals surface area contributed by atoms with Crippen LogP contribution in [0.3, 0.4) is 0 Å². The molecule has 2 rings (SSSR count). The maximum absolute atomic E-state index is 12.3. The molecular weight excluding hydrogens is 250 g/mol. The lowest BCUT2D eigenvalue weighted by molar-refractivity contribution is -0.132. The molecule has 1 aromatic carbocycles. The number of hydrogen-bond acceptors (Lipinski definition) is 3. The van der Waals surface area contributed by atoms with Crippen molar-refractivity contribution in [3.63, 3.8) is 0 Å². The number of nitrogens with zero attached hydrogens (tertiary/aromatic N) is 2. The van der Waals surface area contributed by atoms with Gasteiger partial charge in [0.25, 0.3) is 0 Å². The molecule has 110 valence electrons. The fourth-order valence-corrected chi connectivity index (χ4v) is 2.64. The molecule has 0 radical (unpaired) electrons. The van der Waals surface area contributed by atoms with Gasteiger partial charge in [-0.3, -0.25) is 9.69 Å². The van der Waals surface area contributed by atoms with Crippen LogP contribution in [0.5, 0.6) is 0 Å². The number of carbonyl (C=O) groups is 1. The first kappa shape index (κ1) is 15.0. The van der Waals surface area contributed by atoms with E-state index in [1.54, 1.807) is 0 Å². The van der Waals surface area contributed by atoms with Crippen molar-refractivity contribution < 1.29 is 4.79 Å². The van der Waals surface area contributed by atoms with Crippen molar-refractivity contribution in [3.8, 4) is 0 Å². The molecular formula is C16H25N3O. The molecule has 1 amide bonds. The fourth-order valence-electron chi connectivity index (χ4n) is 2.64. The third-order valence-corrected chi connectivity index (χ3v) is 4.23. The van der Waals surface area contributed by atoms with Crippen LogP contribution in [0.15, 0.2) is 24.3 Å². The number of benzene rings is 1. The summed E-state index contributed by atoms with van der Waals surface area (Å²) in [4.78, 5) is 16.7. The summed E-state index contributed by atoms with van der Waals surface area (Å²) in [6, 6.07) is 8.51. The number of rotatable bonds is 4. The van der Waals surface area contributed by atoms with Crippen LogP contribution in [0.1, 0.15) is 18.1 Å². The van der Waals surface area contributed by atoms with Gasteiger partial charge in [0.2, 0.25) is 5.91 Å². The summed E-state index contributed by atoms with van der Waals surface area (Å²) in [6.45, 7) is 8.37. The number of piperazine rings is 1. The van der Waals surface area contributed by atoms with Crippen molar-refractivity contribution in [1.29, 1.82) is 0 Å². The van der Waals surface area contributed by atoms with Gasteiger partial charge in [0, 0.05) is 38.8 Å². The SMILES string of the molecule is Cc1ccccc1CC(=O)N1CCN(C(C)CN)CC1. The number of aryl methyl sites for hydroxylation is 1. The topological polar surface area (TPSA) is 49.6 Å². The van der Waals surface area contributed by atoms with E-state index in [0.29, 0.717) is 19.0 Å². The second-order valence-electron chi connectivity index (χ2n) is 5.60. The zero-order chi connectivity index (χ0) is 14.5. The van der Waals surface area contributed by atoms with Gasteiger partial charge >= 0.3 is 0 Å². The van der Waals surface area contributed by atoms with Crippen LogP contribution in [-0.4, -0.2) is 54.5 Å². The molecule has 1 heterocycles. The smallest absolute Gasteiger partial charge is 0.227 e. The molecule has 1 aliphatic heterocycles. The summed E-state index contributed by atoms with van der Waals surface area (Å²) >= 11 is 0. The van der Waals surface area contributed by atoms with Crippen molar-refractivity contribution >= 4 is 5.91 Å². The molecule has 0 aliphatic carbocycles. The molecule has 2 N–H and O–H groups in total. The zero-order valence-electron chi connectivity index (χ0n) is 12.5. The molecule has 0 saturated carbocycles. The minimum Gasteiger partial charge on any atom is -0.340 e. The Hall–Kier alpha value is -1.39. The van der Waals surface area contributed by atoms with Crippen LogP contribution >= 0.6 is 0 Å². The van der Waals surface area contributed by atoms with Gasteiger partial charge in [-0.05, 0) is 25.0 Å². The summed E-state index contributed by atoms with van der Waals surface area (Å²) in [7, 11) is 0. The van der Waals surface area contributed by atoms with Gasteiger partial charge in [-0.15, -0.1) is 0 Å². The molecule has 1 atom stereocenters. The van der Waals surface area contributed by atoms with E-state index in [1.165, 1.54) is 5.56 Å². The number of nitrogens with two attached hydrogens (primary N) is 1. The summed E-state index contributed by atoms with van der Waals surface area (Å²) in [6.07, 6.45) is 0.513. The standard InChI is InChI=1S/C16H25N3O/c1-13-5-3-4-6-15(13)11-16(20)19-9-7-18(8-10-19)14(2)12-17/h3-6,14H,7-12,17H2,1-2H3. The second-order valence-corrected chi connectivity index (χ2v) is 5.60. The Labute approximate surface area is 121 Å². The lowest BCUT2D eigenvalue weighted by Crippen LogP contribution is -2.53. The van der Waals surface area contributed by atoms with Crippen molar-refractivity contribution in [3.05, 3.63) is 35.4 Å². The van der Waals surface area contributed by atoms with E-state index in [2.05, 4.69) is 24.8 Å². The quantitative estimate of drug-likeness (QED) is 0.893. The maximum Gasteiger partial charge on any atom is 0.227 e. The minimum absolute atomic E-state index is 0.236. The minimum atomic E-state index is 0.236. The van der Waals surface area contributed by atoms with E-state index in [4.69, 9.17) is 5.73 Å². The van der Waals surface area contributed by atoms with Crippen LogP contribution < -0.4 is 5.73 Å². The average molecular weight is 275 g/mol. The van der Waals surface area contributed by atoms with Gasteiger partial charge in [-0.25, -0.2) is 0 Å². The van der Waals surface area contributed by atoms with Crippen molar-refractivity contribution in [2.45, 2.75) is 26.3 Å². The third-order valence-electron chi connectivity index (χ3n) is 4.23. The Morgan fingerprint density at radius 3 is 2.50 bits per heavy atom. The highest BCUT2D eigenvalue weighted by atomic mass is 16.2. The van der Waals surface area contributed by atoms with Crippen molar-refractivity contribution in [2.24, 2.45) is 5.73 Å². The fraction of sp³-hybridized carbons (Fsp3) is 0.562. The van der Waals surface area contributed by atoms with Crippen LogP contribution in [0.4, 0.5) is 0 Å². The Balaban J connectivity index is 1.88. The first-order valence-electron chi connectivity index (χ1n) is 7.38. The monoisotopic (exact) mass is 275 g/mol. The summed E-state index contributed by atoms with van der Waals surface area (Å²) in [5.74, 6) is 0.236. The normalized spacial score (nSPS) is 18.1. The van der Waals surface area contributed by atoms with Crippen LogP contribution in [0, 0.1) is 6.92 Å². The van der Waals surface area contributed by atoms with E-state index in [0.717, 1.165) is 31.7 Å². The highest BCUT2D eigenvalue weighted by Crippen LogP contribution is 2.11. The Morgan fingerprint density at radius 1 is 1.25 bits per heavy atom. The second kappa shape index (κ2) is 6.86. The average Bonchev–Trinajstić information content (AvgIpc) is 2.49. The van der Waals surface area contributed by atoms with Crippen molar-refractivity contribution in [2.75, 3.05) is 32.7 Å². The molecule has 4 heteroatoms. The van der Waals surface area contributed by atoms with Gasteiger partial charge in [0.05, 0.1) is 6.42 Å². The number of carbonyl (C=O) groups excluding carboxylic acids is 1. The molecule has 4 nitrogen and oxygen atoms in total. The molecule has 0 aromatic heterocycles. The van der Waals surface area contributed by atoms with Crippen LogP contribution in [-0.2, 0) is 11.2 Å². The molecule has 1 saturated heterocycles. The van der Waals surface area contributed by atoms with E-state index in [-0.39, 0.29) is 5.91 Å². The lowest BCUT2D eigenvalue weighted by Gasteiger charge is -2.37. The highest BCUT2D eigenvalue weighted by Gasteiger charge is 2.23. The molecule has 1 aliphatic rings. The number of amides is 1. The first-order chi connectivity index (χ1) is 9.61. The van der Waals surface area contributed by atoms with Crippen LogP contribution in [0.25, 0.3) is 0 Å². The summed E-state index contributed by atoms with van der Waals surface area (Å²) in [5.41, 5.74) is 8.02. The van der Waals surface area contributed by atoms with Gasteiger partial charge in [0.15, 0.2) is 0 Å². The maximum atomic E-state index is 12.3. The van der Waals surface area contributed by atoms with Gasteiger partial charge in [-0.1, -0.05) is 24.3 Å². The zero-order valence-corrected chi connectivity index (χ0v) is 12.5. The largest absolute Gasteiger partial charge is 0.340 e. The molecule has 20 heavy (non-hydrogen) atoms. The van der Waals surface area contributed by atoms with Gasteiger partial charge in [-0.2, -0.15) is 0 Å². The predicted molar refractivity (Wildman–Crippen MR) is 81.6 cm³/mol. The van der Waals surface area contributed by atoms with Crippen LogP contribution in [0.2, 0.25) is 0 Å². The molecule has 0 bridgehead atoms. The Kier molecular flexibility index (Phi) is 5.15. The molecule has 1 unspecified atom stereocenters. The number of hydrogen-bond donors (Lipinski definition) is 1. The summed E-state index contributed by atoms with van der Waals surface area (Å²) in [5, 5.41) is 0. The molecule has 0 spiro atoms. The van der Waals surface area contributed by atoms with E-state index >= 15 is 0 Å². The predicted octanol–water partition coefficient (Wildman–Crippen LogP) is 1.03. The molecule has 1 fully saturated rings. The lowest BCUT2D eigenvalue weighted by atomic mass is 10.1.